The summed E-state index contributed by atoms with van der Waals surface area (Å²) in [6.07, 6.45) is 3.44. The van der Waals surface area contributed by atoms with Gasteiger partial charge in [0.2, 0.25) is 5.91 Å². The van der Waals surface area contributed by atoms with Crippen molar-refractivity contribution in [1.82, 2.24) is 15.3 Å². The number of amides is 2. The number of nitrogens with zero attached hydrogens (tertiary/aromatic N) is 1. The highest BCUT2D eigenvalue weighted by Crippen LogP contribution is 2.17. The van der Waals surface area contributed by atoms with Crippen molar-refractivity contribution in [2.45, 2.75) is 12.5 Å². The predicted molar refractivity (Wildman–Crippen MR) is 102 cm³/mol. The van der Waals surface area contributed by atoms with Crippen molar-refractivity contribution in [3.8, 4) is 5.75 Å². The molecule has 7 heteroatoms. The Morgan fingerprint density at radius 2 is 1.96 bits per heavy atom. The minimum Gasteiger partial charge on any atom is -0.497 e. The van der Waals surface area contributed by atoms with Crippen LogP contribution < -0.4 is 15.4 Å². The molecule has 2 aromatic carbocycles. The first kappa shape index (κ1) is 18.2. The van der Waals surface area contributed by atoms with Gasteiger partial charge in [0.05, 0.1) is 13.4 Å². The normalized spacial score (nSPS) is 11.4. The Labute approximate surface area is 156 Å². The lowest BCUT2D eigenvalue weighted by Gasteiger charge is -2.18. The van der Waals surface area contributed by atoms with Gasteiger partial charge in [-0.1, -0.05) is 24.3 Å². The maximum atomic E-state index is 12.8. The number of imidazole rings is 1. The highest BCUT2D eigenvalue weighted by Gasteiger charge is 2.22. The van der Waals surface area contributed by atoms with Crippen LogP contribution in [0.1, 0.15) is 16.1 Å². The molecular formula is C20H20N4O3. The quantitative estimate of drug-likeness (QED) is 0.600. The van der Waals surface area contributed by atoms with Crippen LogP contribution in [0.2, 0.25) is 0 Å². The summed E-state index contributed by atoms with van der Waals surface area (Å²) in [7, 11) is 1.56. The second-order valence-corrected chi connectivity index (χ2v) is 5.89. The van der Waals surface area contributed by atoms with Gasteiger partial charge in [-0.15, -0.1) is 0 Å². The number of hydrogen-bond acceptors (Lipinski definition) is 4. The number of nitrogens with one attached hydrogen (secondary N) is 3. The van der Waals surface area contributed by atoms with E-state index in [-0.39, 0.29) is 18.2 Å². The van der Waals surface area contributed by atoms with E-state index in [1.54, 1.807) is 61.8 Å². The van der Waals surface area contributed by atoms with E-state index in [2.05, 4.69) is 20.6 Å². The number of methoxy groups -OCH3 is 1. The van der Waals surface area contributed by atoms with Crippen LogP contribution in [0.3, 0.4) is 0 Å². The number of anilines is 1. The molecule has 0 radical (unpaired) electrons. The second kappa shape index (κ2) is 8.66. The van der Waals surface area contributed by atoms with Crippen LogP contribution in [-0.2, 0) is 11.2 Å². The molecule has 138 valence electrons. The zero-order valence-electron chi connectivity index (χ0n) is 14.8. The minimum absolute atomic E-state index is 0.286. The lowest BCUT2D eigenvalue weighted by Crippen LogP contribution is -2.45. The zero-order valence-corrected chi connectivity index (χ0v) is 14.8. The maximum absolute atomic E-state index is 12.8. The highest BCUT2D eigenvalue weighted by molar-refractivity contribution is 6.01. The van der Waals surface area contributed by atoms with Crippen molar-refractivity contribution in [3.63, 3.8) is 0 Å². The number of benzene rings is 2. The van der Waals surface area contributed by atoms with E-state index in [1.165, 1.54) is 6.33 Å². The average molecular weight is 364 g/mol. The van der Waals surface area contributed by atoms with Crippen molar-refractivity contribution >= 4 is 17.5 Å². The van der Waals surface area contributed by atoms with E-state index in [0.29, 0.717) is 17.0 Å². The molecule has 2 amide bonds. The van der Waals surface area contributed by atoms with Crippen molar-refractivity contribution in [2.75, 3.05) is 12.4 Å². The number of H-pyrrole nitrogens is 1. The van der Waals surface area contributed by atoms with Gasteiger partial charge in [0.15, 0.2) is 0 Å². The van der Waals surface area contributed by atoms with Crippen LogP contribution in [0, 0.1) is 0 Å². The summed E-state index contributed by atoms with van der Waals surface area (Å²) in [6.45, 7) is 0. The summed E-state index contributed by atoms with van der Waals surface area (Å²) < 4.78 is 5.17. The SMILES string of the molecule is COc1cccc(NC(=O)[C@H](Cc2cnc[nH]2)NC(=O)c2ccccc2)c1. The fraction of sp³-hybridized carbons (Fsp3) is 0.150. The smallest absolute Gasteiger partial charge is 0.251 e. The van der Waals surface area contributed by atoms with Crippen LogP contribution >= 0.6 is 0 Å². The Kier molecular flexibility index (Phi) is 5.84. The number of aromatic nitrogens is 2. The molecule has 0 spiro atoms. The van der Waals surface area contributed by atoms with Gasteiger partial charge in [-0.25, -0.2) is 4.98 Å². The van der Waals surface area contributed by atoms with Crippen molar-refractivity contribution in [2.24, 2.45) is 0 Å². The number of rotatable bonds is 7. The first-order valence-corrected chi connectivity index (χ1v) is 8.44. The average Bonchev–Trinajstić information content (AvgIpc) is 3.21. The van der Waals surface area contributed by atoms with Gasteiger partial charge >= 0.3 is 0 Å². The molecule has 0 bridgehead atoms. The molecule has 3 rings (SSSR count). The third kappa shape index (κ3) is 4.94. The summed E-state index contributed by atoms with van der Waals surface area (Å²) >= 11 is 0. The molecule has 0 aliphatic heterocycles. The van der Waals surface area contributed by atoms with Gasteiger partial charge in [-0.3, -0.25) is 9.59 Å². The maximum Gasteiger partial charge on any atom is 0.251 e. The van der Waals surface area contributed by atoms with E-state index >= 15 is 0 Å². The molecular weight excluding hydrogens is 344 g/mol. The standard InChI is InChI=1S/C20H20N4O3/c1-27-17-9-5-8-15(10-17)23-20(26)18(11-16-12-21-13-22-16)24-19(25)14-6-3-2-4-7-14/h2-10,12-13,18H,11H2,1H3,(H,21,22)(H,23,26)(H,24,25)/t18-/m0/s1. The molecule has 0 saturated heterocycles. The molecule has 0 aliphatic rings. The van der Waals surface area contributed by atoms with E-state index in [0.717, 1.165) is 5.69 Å². The highest BCUT2D eigenvalue weighted by atomic mass is 16.5. The Morgan fingerprint density at radius 3 is 2.67 bits per heavy atom. The van der Waals surface area contributed by atoms with Crippen LogP contribution in [0.15, 0.2) is 67.1 Å². The van der Waals surface area contributed by atoms with E-state index < -0.39 is 6.04 Å². The topological polar surface area (TPSA) is 96.1 Å². The van der Waals surface area contributed by atoms with Crippen molar-refractivity contribution < 1.29 is 14.3 Å². The summed E-state index contributed by atoms with van der Waals surface area (Å²) in [5.74, 6) is -0.0192. The second-order valence-electron chi connectivity index (χ2n) is 5.89. The van der Waals surface area contributed by atoms with Crippen LogP contribution in [0.4, 0.5) is 5.69 Å². The zero-order chi connectivity index (χ0) is 19.1. The van der Waals surface area contributed by atoms with Crippen LogP contribution in [0.25, 0.3) is 0 Å². The van der Waals surface area contributed by atoms with E-state index in [9.17, 15) is 9.59 Å². The molecule has 1 aromatic heterocycles. The fourth-order valence-electron chi connectivity index (χ4n) is 2.59. The summed E-state index contributed by atoms with van der Waals surface area (Å²) in [4.78, 5) is 32.2. The van der Waals surface area contributed by atoms with Gasteiger partial charge < -0.3 is 20.4 Å². The molecule has 3 N–H and O–H groups in total. The van der Waals surface area contributed by atoms with Gasteiger partial charge in [0.25, 0.3) is 5.91 Å². The molecule has 1 atom stereocenters. The molecule has 0 unspecified atom stereocenters. The summed E-state index contributed by atoms with van der Waals surface area (Å²) in [5, 5.41) is 5.61. The number of carbonyl (C=O) groups excluding carboxylic acids is 2. The van der Waals surface area contributed by atoms with Crippen molar-refractivity contribution in [3.05, 3.63) is 78.4 Å². The molecule has 27 heavy (non-hydrogen) atoms. The molecule has 0 fully saturated rings. The number of hydrogen-bond donors (Lipinski definition) is 3. The molecule has 3 aromatic rings. The van der Waals surface area contributed by atoms with Crippen molar-refractivity contribution in [1.29, 1.82) is 0 Å². The molecule has 0 aliphatic carbocycles. The first-order valence-electron chi connectivity index (χ1n) is 8.44. The Balaban J connectivity index is 1.76. The lowest BCUT2D eigenvalue weighted by molar-refractivity contribution is -0.118. The Bertz CT molecular complexity index is 895. The first-order chi connectivity index (χ1) is 13.2. The number of carbonyl (C=O) groups is 2. The largest absolute Gasteiger partial charge is 0.497 e. The molecule has 7 nitrogen and oxygen atoms in total. The van der Waals surface area contributed by atoms with Gasteiger partial charge in [0, 0.05) is 35.6 Å². The van der Waals surface area contributed by atoms with Gasteiger partial charge in [0.1, 0.15) is 11.8 Å². The predicted octanol–water partition coefficient (Wildman–Crippen LogP) is 2.40. The van der Waals surface area contributed by atoms with E-state index in [1.807, 2.05) is 6.07 Å². The third-order valence-corrected chi connectivity index (χ3v) is 3.97. The number of aromatic amines is 1. The molecule has 1 heterocycles. The van der Waals surface area contributed by atoms with Gasteiger partial charge in [-0.05, 0) is 24.3 Å². The fourth-order valence-corrected chi connectivity index (χ4v) is 2.59. The Morgan fingerprint density at radius 1 is 1.15 bits per heavy atom. The monoisotopic (exact) mass is 364 g/mol. The Hall–Kier alpha value is -3.61. The lowest BCUT2D eigenvalue weighted by atomic mass is 10.1. The molecule has 0 saturated carbocycles. The van der Waals surface area contributed by atoms with Crippen LogP contribution in [0.5, 0.6) is 5.75 Å². The van der Waals surface area contributed by atoms with E-state index in [4.69, 9.17) is 4.74 Å². The van der Waals surface area contributed by atoms with Crippen LogP contribution in [-0.4, -0.2) is 34.9 Å². The summed E-state index contributed by atoms with van der Waals surface area (Å²) in [6, 6.07) is 15.0. The number of ether oxygens (including phenoxy) is 1. The van der Waals surface area contributed by atoms with Gasteiger partial charge in [-0.2, -0.15) is 0 Å². The summed E-state index contributed by atoms with van der Waals surface area (Å²) in [5.41, 5.74) is 1.82. The third-order valence-electron chi connectivity index (χ3n) is 3.97. The minimum atomic E-state index is -0.774.